The molecule has 2 rings (SSSR count). The van der Waals surface area contributed by atoms with Crippen LogP contribution in [0.3, 0.4) is 0 Å². The molecule has 4 heteroatoms. The number of hydrogen-bond acceptors (Lipinski definition) is 3. The number of rotatable bonds is 4. The third-order valence-electron chi connectivity index (χ3n) is 2.97. The SMILES string of the molecule is Cc1ccc(OCC2CCC(CN)O2)c(Cl)c1. The normalized spacial score (nSPS) is 23.9. The van der Waals surface area contributed by atoms with E-state index in [1.54, 1.807) is 0 Å². The fourth-order valence-electron chi connectivity index (χ4n) is 1.98. The Hall–Kier alpha value is -0.770. The Morgan fingerprint density at radius 1 is 1.41 bits per heavy atom. The van der Waals surface area contributed by atoms with Gasteiger partial charge in [-0.05, 0) is 37.5 Å². The Morgan fingerprint density at radius 2 is 2.18 bits per heavy atom. The first-order valence-electron chi connectivity index (χ1n) is 5.93. The first-order chi connectivity index (χ1) is 8.19. The fourth-order valence-corrected chi connectivity index (χ4v) is 2.27. The lowest BCUT2D eigenvalue weighted by atomic mass is 10.2. The lowest BCUT2D eigenvalue weighted by molar-refractivity contribution is 0.0222. The van der Waals surface area contributed by atoms with Crippen LogP contribution in [0, 0.1) is 6.92 Å². The van der Waals surface area contributed by atoms with E-state index in [2.05, 4.69) is 0 Å². The number of aryl methyl sites for hydroxylation is 1. The molecule has 17 heavy (non-hydrogen) atoms. The minimum absolute atomic E-state index is 0.140. The van der Waals surface area contributed by atoms with Gasteiger partial charge in [-0.25, -0.2) is 0 Å². The third kappa shape index (κ3) is 3.35. The summed E-state index contributed by atoms with van der Waals surface area (Å²) in [6, 6.07) is 5.78. The minimum Gasteiger partial charge on any atom is -0.489 e. The lowest BCUT2D eigenvalue weighted by Crippen LogP contribution is -2.23. The van der Waals surface area contributed by atoms with Crippen molar-refractivity contribution in [3.63, 3.8) is 0 Å². The van der Waals surface area contributed by atoms with E-state index in [0.29, 0.717) is 18.2 Å². The summed E-state index contributed by atoms with van der Waals surface area (Å²) in [5.41, 5.74) is 6.68. The summed E-state index contributed by atoms with van der Waals surface area (Å²) >= 11 is 6.09. The highest BCUT2D eigenvalue weighted by molar-refractivity contribution is 6.32. The zero-order valence-electron chi connectivity index (χ0n) is 9.99. The van der Waals surface area contributed by atoms with Crippen LogP contribution in [0.5, 0.6) is 5.75 Å². The van der Waals surface area contributed by atoms with Crippen molar-refractivity contribution in [2.24, 2.45) is 5.73 Å². The van der Waals surface area contributed by atoms with Gasteiger partial charge < -0.3 is 15.2 Å². The summed E-state index contributed by atoms with van der Waals surface area (Å²) in [5.74, 6) is 0.720. The Kier molecular flexibility index (Phi) is 4.26. The number of benzene rings is 1. The van der Waals surface area contributed by atoms with Gasteiger partial charge in [-0.1, -0.05) is 17.7 Å². The molecule has 1 fully saturated rings. The quantitative estimate of drug-likeness (QED) is 0.899. The predicted octanol–water partition coefficient (Wildman–Crippen LogP) is 2.53. The van der Waals surface area contributed by atoms with Gasteiger partial charge in [-0.3, -0.25) is 0 Å². The van der Waals surface area contributed by atoms with Crippen LogP contribution in [-0.2, 0) is 4.74 Å². The maximum Gasteiger partial charge on any atom is 0.138 e. The Labute approximate surface area is 107 Å². The Balaban J connectivity index is 1.86. The zero-order chi connectivity index (χ0) is 12.3. The Morgan fingerprint density at radius 3 is 2.82 bits per heavy atom. The monoisotopic (exact) mass is 255 g/mol. The summed E-state index contributed by atoms with van der Waals surface area (Å²) in [6.07, 6.45) is 2.36. The molecule has 2 N–H and O–H groups in total. The maximum atomic E-state index is 6.09. The number of nitrogens with two attached hydrogens (primary N) is 1. The molecule has 1 aromatic rings. The van der Waals surface area contributed by atoms with Crippen LogP contribution in [0.2, 0.25) is 5.02 Å². The van der Waals surface area contributed by atoms with Crippen LogP contribution in [0.15, 0.2) is 18.2 Å². The minimum atomic E-state index is 0.140. The van der Waals surface area contributed by atoms with Gasteiger partial charge >= 0.3 is 0 Å². The second-order valence-corrected chi connectivity index (χ2v) is 4.85. The largest absolute Gasteiger partial charge is 0.489 e. The van der Waals surface area contributed by atoms with Crippen LogP contribution in [0.25, 0.3) is 0 Å². The van der Waals surface area contributed by atoms with Crippen molar-refractivity contribution >= 4 is 11.6 Å². The highest BCUT2D eigenvalue weighted by Crippen LogP contribution is 2.26. The van der Waals surface area contributed by atoms with Crippen LogP contribution in [0.4, 0.5) is 0 Å². The standard InChI is InChI=1S/C13H18ClNO2/c1-9-2-5-13(12(14)6-9)16-8-11-4-3-10(7-15)17-11/h2,5-6,10-11H,3-4,7-8,15H2,1H3. The van der Waals surface area contributed by atoms with Gasteiger partial charge in [-0.2, -0.15) is 0 Å². The molecule has 94 valence electrons. The van der Waals surface area contributed by atoms with Crippen molar-refractivity contribution in [1.82, 2.24) is 0 Å². The van der Waals surface area contributed by atoms with E-state index in [1.807, 2.05) is 25.1 Å². The van der Waals surface area contributed by atoms with Crippen LogP contribution < -0.4 is 10.5 Å². The van der Waals surface area contributed by atoms with Gasteiger partial charge in [0.05, 0.1) is 17.2 Å². The van der Waals surface area contributed by atoms with Crippen molar-refractivity contribution in [1.29, 1.82) is 0 Å². The maximum absolute atomic E-state index is 6.09. The molecule has 0 aromatic heterocycles. The number of ether oxygens (including phenoxy) is 2. The highest BCUT2D eigenvalue weighted by Gasteiger charge is 2.24. The topological polar surface area (TPSA) is 44.5 Å². The molecule has 1 aliphatic heterocycles. The second kappa shape index (κ2) is 5.71. The summed E-state index contributed by atoms with van der Waals surface area (Å²) in [4.78, 5) is 0. The van der Waals surface area contributed by atoms with Crippen molar-refractivity contribution in [3.8, 4) is 5.75 Å². The lowest BCUT2D eigenvalue weighted by Gasteiger charge is -2.14. The number of halogens is 1. The van der Waals surface area contributed by atoms with Gasteiger partial charge in [0.15, 0.2) is 0 Å². The van der Waals surface area contributed by atoms with E-state index >= 15 is 0 Å². The van der Waals surface area contributed by atoms with Crippen molar-refractivity contribution in [3.05, 3.63) is 28.8 Å². The molecule has 1 heterocycles. The fraction of sp³-hybridized carbons (Fsp3) is 0.538. The molecular formula is C13H18ClNO2. The molecule has 2 atom stereocenters. The highest BCUT2D eigenvalue weighted by atomic mass is 35.5. The van der Waals surface area contributed by atoms with Crippen molar-refractivity contribution in [2.75, 3.05) is 13.2 Å². The van der Waals surface area contributed by atoms with E-state index in [-0.39, 0.29) is 12.2 Å². The molecule has 0 aliphatic carbocycles. The molecule has 0 amide bonds. The smallest absolute Gasteiger partial charge is 0.138 e. The van der Waals surface area contributed by atoms with Gasteiger partial charge in [0, 0.05) is 6.54 Å². The molecule has 1 aliphatic rings. The van der Waals surface area contributed by atoms with Gasteiger partial charge in [0.2, 0.25) is 0 Å². The van der Waals surface area contributed by atoms with Gasteiger partial charge in [0.1, 0.15) is 12.4 Å². The van der Waals surface area contributed by atoms with E-state index in [1.165, 1.54) is 0 Å². The predicted molar refractivity (Wildman–Crippen MR) is 68.6 cm³/mol. The van der Waals surface area contributed by atoms with Crippen LogP contribution in [-0.4, -0.2) is 25.4 Å². The molecular weight excluding hydrogens is 238 g/mol. The molecule has 2 unspecified atom stereocenters. The van der Waals surface area contributed by atoms with Gasteiger partial charge in [-0.15, -0.1) is 0 Å². The van der Waals surface area contributed by atoms with Crippen molar-refractivity contribution in [2.45, 2.75) is 32.0 Å². The molecule has 1 aromatic carbocycles. The van der Waals surface area contributed by atoms with E-state index in [4.69, 9.17) is 26.8 Å². The van der Waals surface area contributed by atoms with Crippen LogP contribution in [0.1, 0.15) is 18.4 Å². The molecule has 0 bridgehead atoms. The number of hydrogen-bond donors (Lipinski definition) is 1. The molecule has 0 spiro atoms. The van der Waals surface area contributed by atoms with E-state index < -0.39 is 0 Å². The summed E-state index contributed by atoms with van der Waals surface area (Å²) in [7, 11) is 0. The van der Waals surface area contributed by atoms with Gasteiger partial charge in [0.25, 0.3) is 0 Å². The summed E-state index contributed by atoms with van der Waals surface area (Å²) in [5, 5.41) is 0.651. The molecule has 1 saturated heterocycles. The second-order valence-electron chi connectivity index (χ2n) is 4.44. The third-order valence-corrected chi connectivity index (χ3v) is 3.27. The van der Waals surface area contributed by atoms with Crippen molar-refractivity contribution < 1.29 is 9.47 Å². The average Bonchev–Trinajstić information content (AvgIpc) is 2.76. The summed E-state index contributed by atoms with van der Waals surface area (Å²) in [6.45, 7) is 3.13. The first kappa shape index (κ1) is 12.7. The average molecular weight is 256 g/mol. The van der Waals surface area contributed by atoms with E-state index in [9.17, 15) is 0 Å². The molecule has 0 saturated carbocycles. The first-order valence-corrected chi connectivity index (χ1v) is 6.31. The summed E-state index contributed by atoms with van der Waals surface area (Å²) < 4.78 is 11.4. The molecule has 3 nitrogen and oxygen atoms in total. The van der Waals surface area contributed by atoms with Crippen LogP contribution >= 0.6 is 11.6 Å². The molecule has 0 radical (unpaired) electrons. The zero-order valence-corrected chi connectivity index (χ0v) is 10.7. The Bertz CT molecular complexity index is 384. The van der Waals surface area contributed by atoms with E-state index in [0.717, 1.165) is 24.2 Å².